The fraction of sp³-hybridized carbons (Fsp3) is 0.182. The van der Waals surface area contributed by atoms with Crippen LogP contribution in [0.5, 0.6) is 11.5 Å². The lowest BCUT2D eigenvalue weighted by atomic mass is 10.2. The molecule has 0 atom stereocenters. The average molecular weight is 362 g/mol. The van der Waals surface area contributed by atoms with Crippen molar-refractivity contribution >= 4 is 11.6 Å². The molecule has 1 aromatic heterocycles. The van der Waals surface area contributed by atoms with Crippen molar-refractivity contribution in [3.8, 4) is 11.5 Å². The van der Waals surface area contributed by atoms with Crippen molar-refractivity contribution in [1.82, 2.24) is 4.98 Å². The van der Waals surface area contributed by atoms with Crippen LogP contribution in [0.2, 0.25) is 0 Å². The molecular weight excluding hydrogens is 340 g/mol. The van der Waals surface area contributed by atoms with Gasteiger partial charge in [0.1, 0.15) is 11.5 Å². The van der Waals surface area contributed by atoms with Crippen molar-refractivity contribution in [2.75, 3.05) is 18.6 Å². The molecule has 0 bridgehead atoms. The first-order valence-electron chi connectivity index (χ1n) is 8.68. The molecule has 0 aliphatic heterocycles. The molecule has 0 unspecified atom stereocenters. The third kappa shape index (κ3) is 5.07. The summed E-state index contributed by atoms with van der Waals surface area (Å²) in [6, 6.07) is 18.8. The van der Waals surface area contributed by atoms with Gasteiger partial charge >= 0.3 is 0 Å². The van der Waals surface area contributed by atoms with Crippen molar-refractivity contribution in [3.63, 3.8) is 0 Å². The molecule has 1 heterocycles. The normalized spacial score (nSPS) is 10.3. The fourth-order valence-corrected chi connectivity index (χ4v) is 2.63. The average Bonchev–Trinajstić information content (AvgIpc) is 2.72. The number of methoxy groups -OCH3 is 1. The van der Waals surface area contributed by atoms with E-state index in [0.29, 0.717) is 18.0 Å². The van der Waals surface area contributed by atoms with Gasteiger partial charge in [-0.25, -0.2) is 0 Å². The highest BCUT2D eigenvalue weighted by molar-refractivity contribution is 5.94. The number of ether oxygens (including phenoxy) is 2. The van der Waals surface area contributed by atoms with E-state index in [1.807, 2.05) is 67.6 Å². The highest BCUT2D eigenvalue weighted by Gasteiger charge is 2.18. The van der Waals surface area contributed by atoms with E-state index in [4.69, 9.17) is 9.47 Å². The SMILES string of the molecule is COc1cccc(N(Cc2cccnc2)C(=O)COc2ccc(C)cc2)c1. The number of hydrogen-bond acceptors (Lipinski definition) is 4. The van der Waals surface area contributed by atoms with E-state index in [2.05, 4.69) is 4.98 Å². The van der Waals surface area contributed by atoms with Crippen molar-refractivity contribution in [3.05, 3.63) is 84.2 Å². The first-order chi connectivity index (χ1) is 13.2. The molecule has 5 heteroatoms. The summed E-state index contributed by atoms with van der Waals surface area (Å²) in [6.45, 7) is 2.35. The number of carbonyl (C=O) groups excluding carboxylic acids is 1. The minimum Gasteiger partial charge on any atom is -0.497 e. The van der Waals surface area contributed by atoms with Gasteiger partial charge in [0.05, 0.1) is 13.7 Å². The molecule has 138 valence electrons. The topological polar surface area (TPSA) is 51.7 Å². The summed E-state index contributed by atoms with van der Waals surface area (Å²) in [7, 11) is 1.60. The second-order valence-electron chi connectivity index (χ2n) is 6.14. The smallest absolute Gasteiger partial charge is 0.265 e. The van der Waals surface area contributed by atoms with Crippen LogP contribution in [-0.4, -0.2) is 24.6 Å². The van der Waals surface area contributed by atoms with Crippen LogP contribution in [0.3, 0.4) is 0 Å². The predicted molar refractivity (Wildman–Crippen MR) is 105 cm³/mol. The first-order valence-corrected chi connectivity index (χ1v) is 8.68. The van der Waals surface area contributed by atoms with Crippen LogP contribution in [0.15, 0.2) is 73.1 Å². The maximum Gasteiger partial charge on any atom is 0.265 e. The Morgan fingerprint density at radius 1 is 1.04 bits per heavy atom. The molecule has 0 saturated carbocycles. The number of anilines is 1. The fourth-order valence-electron chi connectivity index (χ4n) is 2.63. The maximum atomic E-state index is 12.9. The van der Waals surface area contributed by atoms with Gasteiger partial charge in [-0.15, -0.1) is 0 Å². The minimum atomic E-state index is -0.146. The van der Waals surface area contributed by atoms with Gasteiger partial charge in [0.25, 0.3) is 5.91 Å². The van der Waals surface area contributed by atoms with Crippen molar-refractivity contribution < 1.29 is 14.3 Å². The predicted octanol–water partition coefficient (Wildman–Crippen LogP) is 4.01. The second-order valence-corrected chi connectivity index (χ2v) is 6.14. The zero-order valence-corrected chi connectivity index (χ0v) is 15.5. The summed E-state index contributed by atoms with van der Waals surface area (Å²) in [5.74, 6) is 1.21. The van der Waals surface area contributed by atoms with Gasteiger partial charge < -0.3 is 14.4 Å². The molecule has 2 aromatic carbocycles. The summed E-state index contributed by atoms with van der Waals surface area (Å²) in [5, 5.41) is 0. The van der Waals surface area contributed by atoms with Crippen LogP contribution in [0, 0.1) is 6.92 Å². The van der Waals surface area contributed by atoms with Crippen molar-refractivity contribution in [2.45, 2.75) is 13.5 Å². The molecule has 0 aliphatic carbocycles. The van der Waals surface area contributed by atoms with E-state index in [9.17, 15) is 4.79 Å². The highest BCUT2D eigenvalue weighted by atomic mass is 16.5. The number of benzene rings is 2. The molecule has 0 N–H and O–H groups in total. The van der Waals surface area contributed by atoms with E-state index in [0.717, 1.165) is 16.8 Å². The molecule has 0 radical (unpaired) electrons. The number of amides is 1. The van der Waals surface area contributed by atoms with Gasteiger partial charge in [-0.05, 0) is 42.8 Å². The Bertz CT molecular complexity index is 880. The first kappa shape index (κ1) is 18.5. The third-order valence-corrected chi connectivity index (χ3v) is 4.11. The number of hydrogen-bond donors (Lipinski definition) is 0. The number of nitrogens with zero attached hydrogens (tertiary/aromatic N) is 2. The maximum absolute atomic E-state index is 12.9. The Labute approximate surface area is 159 Å². The summed E-state index contributed by atoms with van der Waals surface area (Å²) < 4.78 is 11.0. The molecular formula is C22H22N2O3. The standard InChI is InChI=1S/C22H22N2O3/c1-17-8-10-20(11-9-17)27-16-22(25)24(15-18-5-4-12-23-14-18)19-6-3-7-21(13-19)26-2/h3-14H,15-16H2,1-2H3. The lowest BCUT2D eigenvalue weighted by molar-refractivity contribution is -0.120. The van der Waals surface area contributed by atoms with Gasteiger partial charge in [-0.1, -0.05) is 29.8 Å². The van der Waals surface area contributed by atoms with Crippen LogP contribution in [0.25, 0.3) is 0 Å². The van der Waals surface area contributed by atoms with Crippen molar-refractivity contribution in [2.24, 2.45) is 0 Å². The summed E-state index contributed by atoms with van der Waals surface area (Å²) in [5.41, 5.74) is 2.82. The van der Waals surface area contributed by atoms with E-state index in [-0.39, 0.29) is 12.5 Å². The zero-order chi connectivity index (χ0) is 19.1. The summed E-state index contributed by atoms with van der Waals surface area (Å²) in [4.78, 5) is 18.7. The van der Waals surface area contributed by atoms with Gasteiger partial charge in [0, 0.05) is 24.1 Å². The Morgan fingerprint density at radius 3 is 2.56 bits per heavy atom. The van der Waals surface area contributed by atoms with Crippen LogP contribution in [-0.2, 0) is 11.3 Å². The molecule has 0 fully saturated rings. The van der Waals surface area contributed by atoms with E-state index < -0.39 is 0 Å². The van der Waals surface area contributed by atoms with Gasteiger partial charge in [-0.2, -0.15) is 0 Å². The highest BCUT2D eigenvalue weighted by Crippen LogP contribution is 2.23. The van der Waals surface area contributed by atoms with Crippen LogP contribution < -0.4 is 14.4 Å². The molecule has 1 amide bonds. The Kier molecular flexibility index (Phi) is 6.05. The lowest BCUT2D eigenvalue weighted by Crippen LogP contribution is -2.34. The number of carbonyl (C=O) groups is 1. The molecule has 3 rings (SSSR count). The lowest BCUT2D eigenvalue weighted by Gasteiger charge is -2.23. The molecule has 27 heavy (non-hydrogen) atoms. The van der Waals surface area contributed by atoms with Crippen molar-refractivity contribution in [1.29, 1.82) is 0 Å². The molecule has 3 aromatic rings. The van der Waals surface area contributed by atoms with Gasteiger partial charge in [0.15, 0.2) is 6.61 Å². The quantitative estimate of drug-likeness (QED) is 0.637. The monoisotopic (exact) mass is 362 g/mol. The largest absolute Gasteiger partial charge is 0.497 e. The van der Waals surface area contributed by atoms with E-state index in [1.165, 1.54) is 0 Å². The molecule has 0 saturated heterocycles. The Morgan fingerprint density at radius 2 is 1.85 bits per heavy atom. The number of rotatable bonds is 7. The second kappa shape index (κ2) is 8.85. The molecule has 5 nitrogen and oxygen atoms in total. The number of aromatic nitrogens is 1. The summed E-state index contributed by atoms with van der Waals surface area (Å²) >= 11 is 0. The van der Waals surface area contributed by atoms with E-state index in [1.54, 1.807) is 24.4 Å². The van der Waals surface area contributed by atoms with Gasteiger partial charge in [0.2, 0.25) is 0 Å². The van der Waals surface area contributed by atoms with Crippen LogP contribution in [0.1, 0.15) is 11.1 Å². The zero-order valence-electron chi connectivity index (χ0n) is 15.5. The number of pyridine rings is 1. The number of aryl methyl sites for hydroxylation is 1. The molecule has 0 spiro atoms. The Hall–Kier alpha value is -3.34. The molecule has 0 aliphatic rings. The third-order valence-electron chi connectivity index (χ3n) is 4.11. The minimum absolute atomic E-state index is 0.0550. The van der Waals surface area contributed by atoms with Gasteiger partial charge in [-0.3, -0.25) is 9.78 Å². The Balaban J connectivity index is 1.79. The van der Waals surface area contributed by atoms with Crippen LogP contribution in [0.4, 0.5) is 5.69 Å². The van der Waals surface area contributed by atoms with E-state index >= 15 is 0 Å². The van der Waals surface area contributed by atoms with Crippen LogP contribution >= 0.6 is 0 Å². The summed E-state index contributed by atoms with van der Waals surface area (Å²) in [6.07, 6.45) is 3.46.